The Bertz CT molecular complexity index is 249. The Hall–Kier alpha value is -0.130. The zero-order valence-corrected chi connectivity index (χ0v) is 11.8. The van der Waals surface area contributed by atoms with Crippen molar-refractivity contribution in [3.63, 3.8) is 0 Å². The van der Waals surface area contributed by atoms with E-state index in [-0.39, 0.29) is 12.0 Å². The van der Waals surface area contributed by atoms with Crippen LogP contribution in [-0.2, 0) is 9.53 Å². The van der Waals surface area contributed by atoms with Crippen LogP contribution in [0.5, 0.6) is 0 Å². The molecule has 17 heavy (non-hydrogen) atoms. The van der Waals surface area contributed by atoms with E-state index in [1.165, 1.54) is 0 Å². The second-order valence-electron chi connectivity index (χ2n) is 4.71. The summed E-state index contributed by atoms with van der Waals surface area (Å²) >= 11 is 3.45. The predicted molar refractivity (Wildman–Crippen MR) is 70.4 cm³/mol. The molecule has 2 saturated heterocycles. The Morgan fingerprint density at radius 2 is 2.00 bits per heavy atom. The summed E-state index contributed by atoms with van der Waals surface area (Å²) in [6, 6.07) is 0. The van der Waals surface area contributed by atoms with E-state index >= 15 is 0 Å². The van der Waals surface area contributed by atoms with Gasteiger partial charge >= 0.3 is 0 Å². The largest absolute Gasteiger partial charge is 0.368 e. The highest BCUT2D eigenvalue weighted by Gasteiger charge is 2.28. The minimum absolute atomic E-state index is 0.161. The molecule has 1 amide bonds. The smallest absolute Gasteiger partial charge is 0.251 e. The van der Waals surface area contributed by atoms with Gasteiger partial charge < -0.3 is 9.64 Å². The third-order valence-corrected chi connectivity index (χ3v) is 3.89. The molecule has 0 spiro atoms. The van der Waals surface area contributed by atoms with Crippen LogP contribution in [0.3, 0.4) is 0 Å². The van der Waals surface area contributed by atoms with E-state index in [4.69, 9.17) is 4.74 Å². The fraction of sp³-hybridized carbons (Fsp3) is 0.917. The van der Waals surface area contributed by atoms with Gasteiger partial charge in [-0.05, 0) is 19.3 Å². The van der Waals surface area contributed by atoms with Crippen molar-refractivity contribution in [2.24, 2.45) is 0 Å². The standard InChI is InChI=1S/C12H21BrN2O2/c13-4-5-14-6-8-15(9-7-14)12(16)11-3-1-2-10-17-11/h11H,1-10H2. The normalized spacial score (nSPS) is 27.1. The van der Waals surface area contributed by atoms with E-state index in [2.05, 4.69) is 20.8 Å². The van der Waals surface area contributed by atoms with Gasteiger partial charge in [-0.3, -0.25) is 9.69 Å². The van der Waals surface area contributed by atoms with Crippen LogP contribution in [0.4, 0.5) is 0 Å². The predicted octanol–water partition coefficient (Wildman–Crippen LogP) is 1.09. The van der Waals surface area contributed by atoms with Crippen molar-refractivity contribution < 1.29 is 9.53 Å². The highest BCUT2D eigenvalue weighted by atomic mass is 79.9. The molecular weight excluding hydrogens is 284 g/mol. The van der Waals surface area contributed by atoms with Crippen molar-refractivity contribution in [1.82, 2.24) is 9.80 Å². The maximum Gasteiger partial charge on any atom is 0.251 e. The molecule has 1 atom stereocenters. The number of ether oxygens (including phenoxy) is 1. The van der Waals surface area contributed by atoms with Gasteiger partial charge in [-0.1, -0.05) is 15.9 Å². The Morgan fingerprint density at radius 3 is 2.59 bits per heavy atom. The molecule has 0 aromatic heterocycles. The van der Waals surface area contributed by atoms with Crippen LogP contribution in [0, 0.1) is 0 Å². The molecule has 0 aliphatic carbocycles. The van der Waals surface area contributed by atoms with Crippen molar-refractivity contribution in [2.45, 2.75) is 25.4 Å². The zero-order valence-electron chi connectivity index (χ0n) is 10.2. The molecule has 0 radical (unpaired) electrons. The number of piperazine rings is 1. The molecule has 0 saturated carbocycles. The number of hydrogen-bond acceptors (Lipinski definition) is 3. The first kappa shape index (κ1) is 13.3. The van der Waals surface area contributed by atoms with Crippen molar-refractivity contribution in [1.29, 1.82) is 0 Å². The first-order chi connectivity index (χ1) is 8.31. The molecule has 1 unspecified atom stereocenters. The average Bonchev–Trinajstić information content (AvgIpc) is 2.40. The topological polar surface area (TPSA) is 32.8 Å². The molecular formula is C12H21BrN2O2. The molecule has 0 aromatic carbocycles. The third-order valence-electron chi connectivity index (χ3n) is 3.54. The summed E-state index contributed by atoms with van der Waals surface area (Å²) in [7, 11) is 0. The molecule has 5 heteroatoms. The van der Waals surface area contributed by atoms with Crippen LogP contribution in [0.25, 0.3) is 0 Å². The average molecular weight is 305 g/mol. The number of carbonyl (C=O) groups is 1. The third kappa shape index (κ3) is 3.66. The lowest BCUT2D eigenvalue weighted by atomic mass is 10.1. The maximum absolute atomic E-state index is 12.2. The van der Waals surface area contributed by atoms with Gasteiger partial charge in [-0.15, -0.1) is 0 Å². The molecule has 0 bridgehead atoms. The van der Waals surface area contributed by atoms with E-state index in [0.717, 1.165) is 63.9 Å². The molecule has 98 valence electrons. The second kappa shape index (κ2) is 6.71. The number of carbonyl (C=O) groups excluding carboxylic acids is 1. The van der Waals surface area contributed by atoms with Gasteiger partial charge in [-0.2, -0.15) is 0 Å². The lowest BCUT2D eigenvalue weighted by Gasteiger charge is -2.36. The first-order valence-corrected chi connectivity index (χ1v) is 7.62. The van der Waals surface area contributed by atoms with E-state index in [0.29, 0.717) is 0 Å². The fourth-order valence-corrected chi connectivity index (χ4v) is 2.95. The van der Waals surface area contributed by atoms with Crippen molar-refractivity contribution in [3.05, 3.63) is 0 Å². The van der Waals surface area contributed by atoms with Crippen LogP contribution in [-0.4, -0.2) is 66.5 Å². The Kier molecular flexibility index (Phi) is 5.25. The number of nitrogens with zero attached hydrogens (tertiary/aromatic N) is 2. The summed E-state index contributed by atoms with van der Waals surface area (Å²) in [6.45, 7) is 5.51. The summed E-state index contributed by atoms with van der Waals surface area (Å²) in [5.74, 6) is 0.211. The summed E-state index contributed by atoms with van der Waals surface area (Å²) in [5.41, 5.74) is 0. The number of amides is 1. The highest BCUT2D eigenvalue weighted by Crippen LogP contribution is 2.16. The van der Waals surface area contributed by atoms with Crippen molar-refractivity contribution >= 4 is 21.8 Å². The highest BCUT2D eigenvalue weighted by molar-refractivity contribution is 9.09. The zero-order chi connectivity index (χ0) is 12.1. The summed E-state index contributed by atoms with van der Waals surface area (Å²) < 4.78 is 5.55. The molecule has 4 nitrogen and oxygen atoms in total. The SMILES string of the molecule is O=C(C1CCCCO1)N1CCN(CCBr)CC1. The van der Waals surface area contributed by atoms with Crippen LogP contribution in [0.1, 0.15) is 19.3 Å². The minimum Gasteiger partial charge on any atom is -0.368 e. The van der Waals surface area contributed by atoms with E-state index in [1.54, 1.807) is 0 Å². The Balaban J connectivity index is 1.77. The molecule has 2 aliphatic rings. The first-order valence-electron chi connectivity index (χ1n) is 6.50. The van der Waals surface area contributed by atoms with Gasteiger partial charge in [0.15, 0.2) is 0 Å². The van der Waals surface area contributed by atoms with Gasteiger partial charge in [0.25, 0.3) is 5.91 Å². The molecule has 2 heterocycles. The van der Waals surface area contributed by atoms with Gasteiger partial charge in [0.1, 0.15) is 6.10 Å². The Labute approximate surface area is 111 Å². The molecule has 0 N–H and O–H groups in total. The maximum atomic E-state index is 12.2. The number of alkyl halides is 1. The van der Waals surface area contributed by atoms with Gasteiger partial charge in [0.2, 0.25) is 0 Å². The molecule has 2 rings (SSSR count). The van der Waals surface area contributed by atoms with Crippen LogP contribution >= 0.6 is 15.9 Å². The number of halogens is 1. The number of hydrogen-bond donors (Lipinski definition) is 0. The van der Waals surface area contributed by atoms with Crippen molar-refractivity contribution in [3.8, 4) is 0 Å². The quantitative estimate of drug-likeness (QED) is 0.732. The van der Waals surface area contributed by atoms with Crippen LogP contribution in [0.2, 0.25) is 0 Å². The van der Waals surface area contributed by atoms with E-state index in [1.807, 2.05) is 4.90 Å². The summed E-state index contributed by atoms with van der Waals surface area (Å²) in [4.78, 5) is 16.6. The van der Waals surface area contributed by atoms with Crippen LogP contribution < -0.4 is 0 Å². The van der Waals surface area contributed by atoms with Crippen molar-refractivity contribution in [2.75, 3.05) is 44.7 Å². The monoisotopic (exact) mass is 304 g/mol. The second-order valence-corrected chi connectivity index (χ2v) is 5.50. The van der Waals surface area contributed by atoms with E-state index in [9.17, 15) is 4.79 Å². The molecule has 2 fully saturated rings. The number of rotatable bonds is 3. The van der Waals surface area contributed by atoms with Crippen LogP contribution in [0.15, 0.2) is 0 Å². The van der Waals surface area contributed by atoms with Gasteiger partial charge in [0, 0.05) is 44.7 Å². The van der Waals surface area contributed by atoms with E-state index < -0.39 is 0 Å². The summed E-state index contributed by atoms with van der Waals surface area (Å²) in [6.07, 6.45) is 2.97. The molecule has 2 aliphatic heterocycles. The minimum atomic E-state index is -0.161. The lowest BCUT2D eigenvalue weighted by molar-refractivity contribution is -0.148. The fourth-order valence-electron chi connectivity index (χ4n) is 2.45. The molecule has 0 aromatic rings. The van der Waals surface area contributed by atoms with Gasteiger partial charge in [0.05, 0.1) is 0 Å². The summed E-state index contributed by atoms with van der Waals surface area (Å²) in [5, 5.41) is 1.01. The lowest BCUT2D eigenvalue weighted by Crippen LogP contribution is -2.52. The van der Waals surface area contributed by atoms with Gasteiger partial charge in [-0.25, -0.2) is 0 Å². The Morgan fingerprint density at radius 1 is 1.24 bits per heavy atom.